The predicted molar refractivity (Wildman–Crippen MR) is 115 cm³/mol. The first-order valence-electron chi connectivity index (χ1n) is 10.2. The Morgan fingerprint density at radius 1 is 0.963 bits per heavy atom. The molecule has 27 heavy (non-hydrogen) atoms. The van der Waals surface area contributed by atoms with Gasteiger partial charge in [0.25, 0.3) is 8.32 Å². The van der Waals surface area contributed by atoms with E-state index >= 15 is 0 Å². The molecular formula is C22H38O4Si. The van der Waals surface area contributed by atoms with Gasteiger partial charge in [0, 0.05) is 11.1 Å². The molecule has 0 atom stereocenters. The fourth-order valence-corrected chi connectivity index (χ4v) is 3.91. The van der Waals surface area contributed by atoms with Gasteiger partial charge >= 0.3 is 0 Å². The van der Waals surface area contributed by atoms with Crippen molar-refractivity contribution < 1.29 is 19.4 Å². The number of carbonyl (C=O) groups excluding carboxylic acids is 1. The highest BCUT2D eigenvalue weighted by atomic mass is 28.4. The molecule has 0 aromatic heterocycles. The van der Waals surface area contributed by atoms with Gasteiger partial charge in [-0.3, -0.25) is 4.79 Å². The van der Waals surface area contributed by atoms with Gasteiger partial charge in [-0.15, -0.1) is 0 Å². The van der Waals surface area contributed by atoms with Crippen LogP contribution in [0.3, 0.4) is 0 Å². The summed E-state index contributed by atoms with van der Waals surface area (Å²) in [6, 6.07) is 0. The summed E-state index contributed by atoms with van der Waals surface area (Å²) in [5.74, 6) is 0.0766. The summed E-state index contributed by atoms with van der Waals surface area (Å²) in [5.41, 5.74) is 1.39. The zero-order chi connectivity index (χ0) is 21.0. The van der Waals surface area contributed by atoms with Crippen LogP contribution in [0.1, 0.15) is 88.7 Å². The predicted octanol–water partition coefficient (Wildman–Crippen LogP) is 6.37. The van der Waals surface area contributed by atoms with Crippen LogP contribution in [0, 0.1) is 0 Å². The summed E-state index contributed by atoms with van der Waals surface area (Å²) in [4.78, 5) is 12.1. The van der Waals surface area contributed by atoms with Crippen LogP contribution >= 0.6 is 0 Å². The summed E-state index contributed by atoms with van der Waals surface area (Å²) in [6.45, 7) is 16.4. The zero-order valence-corrected chi connectivity index (χ0v) is 19.5. The van der Waals surface area contributed by atoms with Crippen LogP contribution in [0.25, 0.3) is 0 Å². The highest BCUT2D eigenvalue weighted by Crippen LogP contribution is 2.47. The highest BCUT2D eigenvalue weighted by Gasteiger charge is 2.41. The van der Waals surface area contributed by atoms with Gasteiger partial charge in [0.1, 0.15) is 22.8 Å². The lowest BCUT2D eigenvalue weighted by atomic mass is 9.93. The van der Waals surface area contributed by atoms with Gasteiger partial charge in [-0.05, 0) is 50.7 Å². The van der Waals surface area contributed by atoms with E-state index in [1.165, 1.54) is 6.92 Å². The monoisotopic (exact) mass is 394 g/mol. The van der Waals surface area contributed by atoms with Crippen LogP contribution in [-0.4, -0.2) is 24.3 Å². The van der Waals surface area contributed by atoms with Crippen LogP contribution < -0.4 is 4.43 Å². The van der Waals surface area contributed by atoms with Crippen LogP contribution in [0.15, 0.2) is 0 Å². The Morgan fingerprint density at radius 2 is 1.37 bits per heavy atom. The minimum atomic E-state index is -2.18. The summed E-state index contributed by atoms with van der Waals surface area (Å²) in [7, 11) is -2.18. The van der Waals surface area contributed by atoms with Gasteiger partial charge in [0.15, 0.2) is 5.78 Å². The number of rotatable bonds is 9. The van der Waals surface area contributed by atoms with E-state index in [4.69, 9.17) is 4.43 Å². The minimum absolute atomic E-state index is 0.0124. The highest BCUT2D eigenvalue weighted by molar-refractivity contribution is 6.74. The molecule has 154 valence electrons. The standard InChI is InChI=1S/C22H38O4Si/c1-9-11-13-16-19(24)18(15(3)23)20(25)17(14-12-10-2)21(16)26-27(7,8)22(4,5)6/h24-25H,9-14H2,1-8H3. The summed E-state index contributed by atoms with van der Waals surface area (Å²) >= 11 is 0. The van der Waals surface area contributed by atoms with Gasteiger partial charge in [-0.2, -0.15) is 0 Å². The number of hydrogen-bond acceptors (Lipinski definition) is 4. The number of aromatic hydroxyl groups is 2. The molecule has 0 bridgehead atoms. The SMILES string of the molecule is CCCCc1c(O)c(C(C)=O)c(O)c(CCCC)c1O[Si](C)(C)C(C)(C)C. The fraction of sp³-hybridized carbons (Fsp3) is 0.682. The van der Waals surface area contributed by atoms with Gasteiger partial charge < -0.3 is 14.6 Å². The molecule has 0 aliphatic rings. The van der Waals surface area contributed by atoms with Gasteiger partial charge in [-0.25, -0.2) is 0 Å². The maximum absolute atomic E-state index is 12.1. The van der Waals surface area contributed by atoms with E-state index in [0.29, 0.717) is 29.7 Å². The number of hydrogen-bond donors (Lipinski definition) is 2. The molecule has 0 amide bonds. The molecule has 0 saturated heterocycles. The van der Waals surface area contributed by atoms with E-state index < -0.39 is 8.32 Å². The van der Waals surface area contributed by atoms with Crippen molar-refractivity contribution in [2.24, 2.45) is 0 Å². The molecule has 0 heterocycles. The molecule has 1 aromatic carbocycles. The van der Waals surface area contributed by atoms with Crippen LogP contribution in [-0.2, 0) is 12.8 Å². The maximum atomic E-state index is 12.1. The Morgan fingerprint density at radius 3 is 1.67 bits per heavy atom. The van der Waals surface area contributed by atoms with Gasteiger partial charge in [0.2, 0.25) is 0 Å². The van der Waals surface area contributed by atoms with Crippen molar-refractivity contribution in [2.45, 2.75) is 98.2 Å². The van der Waals surface area contributed by atoms with E-state index in [0.717, 1.165) is 25.7 Å². The number of benzene rings is 1. The van der Waals surface area contributed by atoms with E-state index in [-0.39, 0.29) is 27.9 Å². The van der Waals surface area contributed by atoms with Crippen molar-refractivity contribution in [3.8, 4) is 17.2 Å². The van der Waals surface area contributed by atoms with E-state index in [2.05, 4.69) is 47.7 Å². The van der Waals surface area contributed by atoms with Gasteiger partial charge in [0.05, 0.1) is 0 Å². The van der Waals surface area contributed by atoms with Crippen molar-refractivity contribution in [1.82, 2.24) is 0 Å². The van der Waals surface area contributed by atoms with Crippen molar-refractivity contribution in [1.29, 1.82) is 0 Å². The van der Waals surface area contributed by atoms with Crippen molar-refractivity contribution in [3.63, 3.8) is 0 Å². The molecule has 5 heteroatoms. The number of carbonyl (C=O) groups is 1. The lowest BCUT2D eigenvalue weighted by molar-refractivity contribution is 0.101. The Labute approximate surface area is 166 Å². The number of unbranched alkanes of at least 4 members (excludes halogenated alkanes) is 2. The topological polar surface area (TPSA) is 66.8 Å². The van der Waals surface area contributed by atoms with Crippen LogP contribution in [0.5, 0.6) is 17.2 Å². The molecule has 0 fully saturated rings. The van der Waals surface area contributed by atoms with Crippen LogP contribution in [0.2, 0.25) is 18.1 Å². The molecule has 0 radical (unpaired) electrons. The van der Waals surface area contributed by atoms with Crippen molar-refractivity contribution in [3.05, 3.63) is 16.7 Å². The zero-order valence-electron chi connectivity index (χ0n) is 18.5. The first kappa shape index (κ1) is 23.5. The Bertz CT molecular complexity index is 637. The molecule has 1 aromatic rings. The van der Waals surface area contributed by atoms with Gasteiger partial charge in [-0.1, -0.05) is 47.5 Å². The third kappa shape index (κ3) is 5.28. The van der Waals surface area contributed by atoms with Crippen LogP contribution in [0.4, 0.5) is 0 Å². The largest absolute Gasteiger partial charge is 0.543 e. The fourth-order valence-electron chi connectivity index (χ4n) is 2.85. The summed E-state index contributed by atoms with van der Waals surface area (Å²) in [6.07, 6.45) is 4.98. The Balaban J connectivity index is 3.74. The molecule has 4 nitrogen and oxygen atoms in total. The second-order valence-corrected chi connectivity index (χ2v) is 13.7. The first-order valence-corrected chi connectivity index (χ1v) is 13.1. The summed E-state index contributed by atoms with van der Waals surface area (Å²) < 4.78 is 6.63. The average molecular weight is 395 g/mol. The third-order valence-corrected chi connectivity index (χ3v) is 10.00. The maximum Gasteiger partial charge on any atom is 0.250 e. The van der Waals surface area contributed by atoms with E-state index in [1.54, 1.807) is 0 Å². The molecule has 1 rings (SSSR count). The van der Waals surface area contributed by atoms with E-state index in [1.807, 2.05) is 0 Å². The normalized spacial score (nSPS) is 12.3. The average Bonchev–Trinajstić information content (AvgIpc) is 2.52. The molecule has 0 unspecified atom stereocenters. The molecule has 0 aliphatic carbocycles. The number of phenolic OH excluding ortho intramolecular Hbond substituents is 2. The number of Topliss-reactive ketones (excluding diaryl/α,β-unsaturated/α-hetero) is 1. The second-order valence-electron chi connectivity index (χ2n) is 8.98. The quantitative estimate of drug-likeness (QED) is 0.377. The molecule has 2 N–H and O–H groups in total. The minimum Gasteiger partial charge on any atom is -0.543 e. The molecular weight excluding hydrogens is 356 g/mol. The Kier molecular flexibility index (Phi) is 7.96. The second kappa shape index (κ2) is 9.13. The van der Waals surface area contributed by atoms with Crippen molar-refractivity contribution in [2.75, 3.05) is 0 Å². The smallest absolute Gasteiger partial charge is 0.250 e. The lowest BCUT2D eigenvalue weighted by Gasteiger charge is -2.38. The third-order valence-electron chi connectivity index (χ3n) is 5.67. The Hall–Kier alpha value is -1.49. The lowest BCUT2D eigenvalue weighted by Crippen LogP contribution is -2.44. The molecule has 0 aliphatic heterocycles. The molecule has 0 saturated carbocycles. The van der Waals surface area contributed by atoms with Crippen molar-refractivity contribution >= 4 is 14.1 Å². The number of phenols is 2. The summed E-state index contributed by atoms with van der Waals surface area (Å²) in [5, 5.41) is 21.7. The van der Waals surface area contributed by atoms with E-state index in [9.17, 15) is 15.0 Å². The molecule has 0 spiro atoms. The first-order chi connectivity index (χ1) is 12.4. The number of ketones is 1.